The van der Waals surface area contributed by atoms with Crippen LogP contribution in [0.2, 0.25) is 0 Å². The summed E-state index contributed by atoms with van der Waals surface area (Å²) in [6, 6.07) is -0.248. The van der Waals surface area contributed by atoms with Crippen molar-refractivity contribution < 1.29 is 13.5 Å². The van der Waals surface area contributed by atoms with Crippen LogP contribution >= 0.6 is 11.8 Å². The summed E-state index contributed by atoms with van der Waals surface area (Å²) in [5, 5.41) is 9.23. The summed E-state index contributed by atoms with van der Waals surface area (Å²) in [6.45, 7) is 0.913. The molecule has 0 aromatic rings. The molecular formula is C11H24N2O3S2. The zero-order valence-corrected chi connectivity index (χ0v) is 12.6. The van der Waals surface area contributed by atoms with Gasteiger partial charge in [0, 0.05) is 19.1 Å². The molecule has 1 heterocycles. The van der Waals surface area contributed by atoms with Gasteiger partial charge in [-0.15, -0.1) is 0 Å². The summed E-state index contributed by atoms with van der Waals surface area (Å²) in [5.74, 6) is 1.06. The van der Waals surface area contributed by atoms with E-state index in [1.807, 2.05) is 6.26 Å². The van der Waals surface area contributed by atoms with Gasteiger partial charge in [0.25, 0.3) is 10.2 Å². The molecule has 0 aliphatic carbocycles. The van der Waals surface area contributed by atoms with E-state index in [1.54, 1.807) is 11.8 Å². The second-order valence-corrected chi connectivity index (χ2v) is 7.24. The van der Waals surface area contributed by atoms with Gasteiger partial charge in [-0.3, -0.25) is 0 Å². The highest BCUT2D eigenvalue weighted by atomic mass is 32.2. The molecule has 1 rings (SSSR count). The summed E-state index contributed by atoms with van der Waals surface area (Å²) >= 11 is 1.77. The molecule has 0 bridgehead atoms. The molecule has 1 aliphatic rings. The van der Waals surface area contributed by atoms with Crippen LogP contribution < -0.4 is 4.72 Å². The zero-order valence-electron chi connectivity index (χ0n) is 11.0. The van der Waals surface area contributed by atoms with Gasteiger partial charge in [0.2, 0.25) is 0 Å². The van der Waals surface area contributed by atoms with Gasteiger partial charge in [-0.25, -0.2) is 4.72 Å². The number of unbranched alkanes of at least 4 members (excludes halogenated alkanes) is 1. The Hall–Kier alpha value is 0.180. The lowest BCUT2D eigenvalue weighted by atomic mass is 10.1. The van der Waals surface area contributed by atoms with Gasteiger partial charge in [-0.1, -0.05) is 6.42 Å². The number of aliphatic hydroxyl groups excluding tert-OH is 1. The van der Waals surface area contributed by atoms with Crippen molar-refractivity contribution in [1.82, 2.24) is 9.03 Å². The van der Waals surface area contributed by atoms with Crippen LogP contribution in [-0.4, -0.2) is 55.6 Å². The van der Waals surface area contributed by atoms with Crippen molar-refractivity contribution in [3.8, 4) is 0 Å². The average Bonchev–Trinajstić information content (AvgIpc) is 2.38. The van der Waals surface area contributed by atoms with Gasteiger partial charge >= 0.3 is 0 Å². The predicted molar refractivity (Wildman–Crippen MR) is 76.0 cm³/mol. The summed E-state index contributed by atoms with van der Waals surface area (Å²) < 4.78 is 28.2. The van der Waals surface area contributed by atoms with Crippen molar-refractivity contribution >= 4 is 22.0 Å². The second kappa shape index (κ2) is 8.37. The molecule has 0 spiro atoms. The summed E-state index contributed by atoms with van der Waals surface area (Å²) in [6.07, 6.45) is 6.55. The van der Waals surface area contributed by atoms with E-state index in [-0.39, 0.29) is 12.6 Å². The number of rotatable bonds is 8. The first-order chi connectivity index (χ1) is 8.61. The Morgan fingerprint density at radius 3 is 2.83 bits per heavy atom. The smallest absolute Gasteiger partial charge is 0.279 e. The number of piperidine rings is 1. The topological polar surface area (TPSA) is 69.6 Å². The lowest BCUT2D eigenvalue weighted by Gasteiger charge is -2.33. The maximum absolute atomic E-state index is 12.1. The Kier molecular flexibility index (Phi) is 7.55. The van der Waals surface area contributed by atoms with E-state index in [4.69, 9.17) is 0 Å². The summed E-state index contributed by atoms with van der Waals surface area (Å²) in [7, 11) is -3.42. The fourth-order valence-corrected chi connectivity index (χ4v) is 4.12. The van der Waals surface area contributed by atoms with Crippen LogP contribution in [0.1, 0.15) is 32.1 Å². The van der Waals surface area contributed by atoms with Crippen molar-refractivity contribution in [3.63, 3.8) is 0 Å². The van der Waals surface area contributed by atoms with E-state index in [2.05, 4.69) is 4.72 Å². The monoisotopic (exact) mass is 296 g/mol. The maximum atomic E-state index is 12.1. The summed E-state index contributed by atoms with van der Waals surface area (Å²) in [4.78, 5) is 0. The van der Waals surface area contributed by atoms with Gasteiger partial charge in [-0.05, 0) is 37.7 Å². The van der Waals surface area contributed by atoms with Crippen LogP contribution in [0.4, 0.5) is 0 Å². The Labute approximate surface area is 115 Å². The fourth-order valence-electron chi connectivity index (χ4n) is 2.13. The molecule has 0 amide bonds. The van der Waals surface area contributed by atoms with Crippen LogP contribution in [-0.2, 0) is 10.2 Å². The highest BCUT2D eigenvalue weighted by molar-refractivity contribution is 7.98. The van der Waals surface area contributed by atoms with E-state index in [0.717, 1.165) is 37.9 Å². The van der Waals surface area contributed by atoms with Gasteiger partial charge in [0.1, 0.15) is 0 Å². The minimum atomic E-state index is -3.42. The normalized spacial score (nSPS) is 22.2. The van der Waals surface area contributed by atoms with E-state index in [0.29, 0.717) is 13.1 Å². The quantitative estimate of drug-likeness (QED) is 0.650. The third-order valence-corrected chi connectivity index (χ3v) is 5.52. The predicted octanol–water partition coefficient (Wildman–Crippen LogP) is 0.811. The number of thioether (sulfide) groups is 1. The number of hydrogen-bond acceptors (Lipinski definition) is 4. The summed E-state index contributed by atoms with van der Waals surface area (Å²) in [5.41, 5.74) is 0. The molecule has 7 heteroatoms. The van der Waals surface area contributed by atoms with E-state index >= 15 is 0 Å². The molecule has 18 heavy (non-hydrogen) atoms. The van der Waals surface area contributed by atoms with E-state index in [1.165, 1.54) is 4.31 Å². The molecule has 5 nitrogen and oxygen atoms in total. The molecule has 0 aromatic heterocycles. The molecule has 1 unspecified atom stereocenters. The number of nitrogens with one attached hydrogen (secondary N) is 1. The molecule has 108 valence electrons. The molecule has 0 aromatic carbocycles. The van der Waals surface area contributed by atoms with E-state index < -0.39 is 10.2 Å². The largest absolute Gasteiger partial charge is 0.395 e. The molecule has 1 aliphatic heterocycles. The maximum Gasteiger partial charge on any atom is 0.279 e. The molecule has 0 radical (unpaired) electrons. The van der Waals surface area contributed by atoms with Crippen molar-refractivity contribution in [2.75, 3.05) is 31.7 Å². The average molecular weight is 296 g/mol. The first-order valence-electron chi connectivity index (χ1n) is 6.48. The molecular weight excluding hydrogens is 272 g/mol. The SMILES string of the molecule is CSCCCCNS(=O)(=O)N1CCCCC1CO. The van der Waals surface area contributed by atoms with Gasteiger partial charge in [0.15, 0.2) is 0 Å². The minimum absolute atomic E-state index is 0.0899. The van der Waals surface area contributed by atoms with Gasteiger partial charge in [-0.2, -0.15) is 24.5 Å². The van der Waals surface area contributed by atoms with Crippen molar-refractivity contribution in [2.24, 2.45) is 0 Å². The molecule has 1 saturated heterocycles. The second-order valence-electron chi connectivity index (χ2n) is 4.54. The van der Waals surface area contributed by atoms with Crippen molar-refractivity contribution in [1.29, 1.82) is 0 Å². The highest BCUT2D eigenvalue weighted by Gasteiger charge is 2.31. The van der Waals surface area contributed by atoms with Gasteiger partial charge in [0.05, 0.1) is 6.61 Å². The Bertz CT molecular complexity index is 322. The first kappa shape index (κ1) is 16.2. The minimum Gasteiger partial charge on any atom is -0.395 e. The lowest BCUT2D eigenvalue weighted by Crippen LogP contribution is -2.50. The van der Waals surface area contributed by atoms with Crippen LogP contribution in [0.3, 0.4) is 0 Å². The Balaban J connectivity index is 2.41. The highest BCUT2D eigenvalue weighted by Crippen LogP contribution is 2.19. The van der Waals surface area contributed by atoms with Crippen molar-refractivity contribution in [2.45, 2.75) is 38.1 Å². The molecule has 1 fully saturated rings. The van der Waals surface area contributed by atoms with Crippen LogP contribution in [0.25, 0.3) is 0 Å². The fraction of sp³-hybridized carbons (Fsp3) is 1.00. The van der Waals surface area contributed by atoms with Crippen LogP contribution in [0.15, 0.2) is 0 Å². The van der Waals surface area contributed by atoms with Gasteiger partial charge < -0.3 is 5.11 Å². The zero-order chi connectivity index (χ0) is 13.4. The molecule has 2 N–H and O–H groups in total. The first-order valence-corrected chi connectivity index (χ1v) is 9.31. The Morgan fingerprint density at radius 1 is 1.39 bits per heavy atom. The standard InChI is InChI=1S/C11H24N2O3S2/c1-17-9-5-3-7-12-18(15,16)13-8-4-2-6-11(13)10-14/h11-12,14H,2-10H2,1H3. The van der Waals surface area contributed by atoms with E-state index in [9.17, 15) is 13.5 Å². The number of aliphatic hydroxyl groups is 1. The van der Waals surface area contributed by atoms with Crippen LogP contribution in [0.5, 0.6) is 0 Å². The lowest BCUT2D eigenvalue weighted by molar-refractivity contribution is 0.154. The third-order valence-electron chi connectivity index (χ3n) is 3.15. The van der Waals surface area contributed by atoms with Crippen molar-refractivity contribution in [3.05, 3.63) is 0 Å². The van der Waals surface area contributed by atoms with Crippen LogP contribution in [0, 0.1) is 0 Å². The third kappa shape index (κ3) is 5.05. The Morgan fingerprint density at radius 2 is 2.17 bits per heavy atom. The number of hydrogen-bond donors (Lipinski definition) is 2. The molecule has 0 saturated carbocycles. The molecule has 1 atom stereocenters. The number of nitrogens with zero attached hydrogens (tertiary/aromatic N) is 1.